The SMILES string of the molecule is Cc1ccc2ccccc2c1OP(=O)(O)Br. The van der Waals surface area contributed by atoms with Gasteiger partial charge in [0.1, 0.15) is 5.75 Å². The molecule has 3 nitrogen and oxygen atoms in total. The first-order valence-electron chi connectivity index (χ1n) is 4.68. The molecule has 0 saturated carbocycles. The van der Waals surface area contributed by atoms with Crippen LogP contribution in [-0.4, -0.2) is 4.89 Å². The number of aryl methyl sites for hydroxylation is 1. The summed E-state index contributed by atoms with van der Waals surface area (Å²) in [5.41, 5.74) is 0.826. The van der Waals surface area contributed by atoms with Crippen LogP contribution in [0.25, 0.3) is 10.8 Å². The van der Waals surface area contributed by atoms with Crippen molar-refractivity contribution in [2.24, 2.45) is 0 Å². The van der Waals surface area contributed by atoms with Crippen molar-refractivity contribution in [2.75, 3.05) is 0 Å². The molecule has 1 unspecified atom stereocenters. The van der Waals surface area contributed by atoms with Crippen molar-refractivity contribution >= 4 is 32.6 Å². The van der Waals surface area contributed by atoms with E-state index in [-0.39, 0.29) is 0 Å². The van der Waals surface area contributed by atoms with Gasteiger partial charge in [0.15, 0.2) is 0 Å². The van der Waals surface area contributed by atoms with Crippen LogP contribution in [-0.2, 0) is 4.57 Å². The van der Waals surface area contributed by atoms with Crippen LogP contribution in [0.1, 0.15) is 5.56 Å². The predicted octanol–water partition coefficient (Wildman–Crippen LogP) is 4.02. The number of hydrogen-bond acceptors (Lipinski definition) is 2. The number of benzene rings is 2. The summed E-state index contributed by atoms with van der Waals surface area (Å²) in [5, 5.41) is 1.81. The molecule has 1 N–H and O–H groups in total. The Bertz CT molecular complexity index is 576. The van der Waals surface area contributed by atoms with Gasteiger partial charge in [0.2, 0.25) is 0 Å². The normalized spacial score (nSPS) is 14.7. The van der Waals surface area contributed by atoms with Gasteiger partial charge in [-0.1, -0.05) is 36.4 Å². The Morgan fingerprint density at radius 3 is 2.62 bits per heavy atom. The van der Waals surface area contributed by atoms with Crippen molar-refractivity contribution in [1.82, 2.24) is 0 Å². The van der Waals surface area contributed by atoms with Crippen LogP contribution in [0.2, 0.25) is 0 Å². The third-order valence-corrected chi connectivity index (χ3v) is 3.12. The number of halogens is 1. The lowest BCUT2D eigenvalue weighted by Crippen LogP contribution is -1.90. The molecule has 0 amide bonds. The first kappa shape index (κ1) is 11.6. The molecule has 5 heteroatoms. The zero-order chi connectivity index (χ0) is 11.8. The molecule has 2 rings (SSSR count). The second kappa shape index (κ2) is 4.21. The Kier molecular flexibility index (Phi) is 3.06. The van der Waals surface area contributed by atoms with Gasteiger partial charge in [-0.15, -0.1) is 0 Å². The lowest BCUT2D eigenvalue weighted by atomic mass is 10.1. The van der Waals surface area contributed by atoms with E-state index in [1.165, 1.54) is 0 Å². The van der Waals surface area contributed by atoms with Crippen molar-refractivity contribution < 1.29 is 14.0 Å². The van der Waals surface area contributed by atoms with E-state index >= 15 is 0 Å². The molecule has 0 spiro atoms. The minimum Gasteiger partial charge on any atom is -0.416 e. The van der Waals surface area contributed by atoms with E-state index in [1.54, 1.807) is 0 Å². The largest absolute Gasteiger partial charge is 0.444 e. The maximum atomic E-state index is 11.2. The number of hydrogen-bond donors (Lipinski definition) is 1. The molecule has 0 saturated heterocycles. The summed E-state index contributed by atoms with van der Waals surface area (Å²) in [4.78, 5) is 9.20. The highest BCUT2D eigenvalue weighted by molar-refractivity contribution is 9.39. The standard InChI is InChI=1S/C11H10BrO3P/c1-8-6-7-9-4-2-3-5-10(9)11(8)15-16(12,13)14/h2-7H,1H3,(H,13,14). The first-order valence-corrected chi connectivity index (χ1v) is 8.27. The van der Waals surface area contributed by atoms with Gasteiger partial charge in [-0.25, -0.2) is 4.57 Å². The summed E-state index contributed by atoms with van der Waals surface area (Å²) in [5.74, 6) is 0.445. The van der Waals surface area contributed by atoms with E-state index in [9.17, 15) is 9.46 Å². The van der Waals surface area contributed by atoms with Gasteiger partial charge in [-0.3, -0.25) is 0 Å². The lowest BCUT2D eigenvalue weighted by Gasteiger charge is -2.12. The summed E-state index contributed by atoms with van der Waals surface area (Å²) < 4.78 is 16.3. The minimum absolute atomic E-state index is 0.445. The minimum atomic E-state index is -3.71. The maximum Gasteiger partial charge on any atom is 0.444 e. The van der Waals surface area contributed by atoms with Gasteiger partial charge in [0, 0.05) is 5.39 Å². The molecule has 2 aromatic carbocycles. The van der Waals surface area contributed by atoms with E-state index in [0.29, 0.717) is 5.75 Å². The second-order valence-electron chi connectivity index (χ2n) is 3.48. The molecular formula is C11H10BrO3P. The van der Waals surface area contributed by atoms with Gasteiger partial charge >= 0.3 is 6.30 Å². The Morgan fingerprint density at radius 2 is 1.94 bits per heavy atom. The van der Waals surface area contributed by atoms with Crippen LogP contribution in [0.5, 0.6) is 5.75 Å². The zero-order valence-corrected chi connectivity index (χ0v) is 11.0. The van der Waals surface area contributed by atoms with E-state index in [1.807, 2.05) is 43.3 Å². The van der Waals surface area contributed by atoms with Crippen molar-refractivity contribution in [2.45, 2.75) is 6.92 Å². The smallest absolute Gasteiger partial charge is 0.416 e. The summed E-state index contributed by atoms with van der Waals surface area (Å²) in [7, 11) is 0. The van der Waals surface area contributed by atoms with Crippen molar-refractivity contribution in [1.29, 1.82) is 0 Å². The quantitative estimate of drug-likeness (QED) is 0.852. The van der Waals surface area contributed by atoms with Gasteiger partial charge in [-0.2, -0.15) is 0 Å². The van der Waals surface area contributed by atoms with E-state index in [0.717, 1.165) is 16.3 Å². The highest BCUT2D eigenvalue weighted by Crippen LogP contribution is 2.52. The molecule has 0 aliphatic rings. The van der Waals surface area contributed by atoms with Crippen LogP contribution in [0, 0.1) is 6.92 Å². The van der Waals surface area contributed by atoms with Crippen LogP contribution in [0.3, 0.4) is 0 Å². The van der Waals surface area contributed by atoms with Crippen LogP contribution in [0.15, 0.2) is 36.4 Å². The summed E-state index contributed by atoms with van der Waals surface area (Å²) in [6.07, 6.45) is -3.71. The van der Waals surface area contributed by atoms with Crippen molar-refractivity contribution in [3.63, 3.8) is 0 Å². The maximum absolute atomic E-state index is 11.2. The topological polar surface area (TPSA) is 46.5 Å². The van der Waals surface area contributed by atoms with Gasteiger partial charge < -0.3 is 9.42 Å². The van der Waals surface area contributed by atoms with Crippen LogP contribution in [0.4, 0.5) is 0 Å². The molecule has 0 aromatic heterocycles. The molecule has 0 heterocycles. The molecule has 0 fully saturated rings. The van der Waals surface area contributed by atoms with Crippen molar-refractivity contribution in [3.05, 3.63) is 42.0 Å². The third kappa shape index (κ3) is 2.46. The molecule has 0 aliphatic heterocycles. The van der Waals surface area contributed by atoms with E-state index in [4.69, 9.17) is 4.52 Å². The number of rotatable bonds is 2. The van der Waals surface area contributed by atoms with E-state index in [2.05, 4.69) is 15.5 Å². The molecule has 0 radical (unpaired) electrons. The highest BCUT2D eigenvalue weighted by Gasteiger charge is 2.18. The average molecular weight is 301 g/mol. The Morgan fingerprint density at radius 1 is 1.25 bits per heavy atom. The molecule has 2 aromatic rings. The Labute approximate surface area is 101 Å². The van der Waals surface area contributed by atoms with Crippen molar-refractivity contribution in [3.8, 4) is 5.75 Å². The zero-order valence-electron chi connectivity index (χ0n) is 8.55. The molecule has 0 aliphatic carbocycles. The van der Waals surface area contributed by atoms with E-state index < -0.39 is 6.30 Å². The lowest BCUT2D eigenvalue weighted by molar-refractivity contribution is 0.405. The average Bonchev–Trinajstić information content (AvgIpc) is 2.21. The van der Waals surface area contributed by atoms with Crippen LogP contribution >= 0.6 is 21.8 Å². The molecule has 84 valence electrons. The van der Waals surface area contributed by atoms with Gasteiger partial charge in [-0.05, 0) is 17.9 Å². The predicted molar refractivity (Wildman–Crippen MR) is 68.1 cm³/mol. The van der Waals surface area contributed by atoms with Gasteiger partial charge in [0.05, 0.1) is 15.5 Å². The Balaban J connectivity index is 2.66. The molecular weight excluding hydrogens is 291 g/mol. The highest BCUT2D eigenvalue weighted by atomic mass is 79.9. The summed E-state index contributed by atoms with van der Waals surface area (Å²) in [6.45, 7) is 1.84. The van der Waals surface area contributed by atoms with Gasteiger partial charge in [0.25, 0.3) is 0 Å². The Hall–Kier alpha value is -0.830. The number of fused-ring (bicyclic) bond motifs is 1. The second-order valence-corrected chi connectivity index (χ2v) is 7.25. The molecule has 1 atom stereocenters. The third-order valence-electron chi connectivity index (χ3n) is 2.28. The molecule has 16 heavy (non-hydrogen) atoms. The fraction of sp³-hybridized carbons (Fsp3) is 0.0909. The summed E-state index contributed by atoms with van der Waals surface area (Å²) >= 11 is 2.62. The summed E-state index contributed by atoms with van der Waals surface area (Å²) in [6, 6.07) is 11.4. The fourth-order valence-corrected chi connectivity index (χ4v) is 2.49. The monoisotopic (exact) mass is 300 g/mol. The fourth-order valence-electron chi connectivity index (χ4n) is 1.59. The molecule has 0 bridgehead atoms. The first-order chi connectivity index (χ1) is 7.47. The van der Waals surface area contributed by atoms with Crippen LogP contribution < -0.4 is 4.52 Å².